The molecule has 2 amide bonds. The smallest absolute Gasteiger partial charge is 0.291 e. The molecule has 0 aliphatic rings. The fourth-order valence-corrected chi connectivity index (χ4v) is 4.07. The Labute approximate surface area is 182 Å². The lowest BCUT2D eigenvalue weighted by Crippen LogP contribution is -2.14. The molecule has 4 aromatic rings. The molecule has 0 saturated heterocycles. The van der Waals surface area contributed by atoms with Gasteiger partial charge in [0.2, 0.25) is 5.91 Å². The number of amides is 2. The average Bonchev–Trinajstić information content (AvgIpc) is 3.12. The molecule has 5 nitrogen and oxygen atoms in total. The van der Waals surface area contributed by atoms with Gasteiger partial charge in [-0.05, 0) is 54.6 Å². The number of hydrogen-bond donors (Lipinski definition) is 2. The SMILES string of the molecule is NC(=O)c1ccc(NC(=O)c2oc3ccccc3c2CSc2ccc(Cl)cc2)cc1. The first-order valence-electron chi connectivity index (χ1n) is 9.11. The molecule has 0 unspecified atom stereocenters. The van der Waals surface area contributed by atoms with E-state index in [4.69, 9.17) is 21.8 Å². The van der Waals surface area contributed by atoms with E-state index in [0.717, 1.165) is 15.8 Å². The topological polar surface area (TPSA) is 85.3 Å². The number of hydrogen-bond acceptors (Lipinski definition) is 4. The third kappa shape index (κ3) is 4.35. The number of furan rings is 1. The van der Waals surface area contributed by atoms with Crippen molar-refractivity contribution in [2.45, 2.75) is 10.6 Å². The maximum atomic E-state index is 13.0. The summed E-state index contributed by atoms with van der Waals surface area (Å²) in [5, 5.41) is 4.39. The molecule has 4 rings (SSSR count). The van der Waals surface area contributed by atoms with Crippen molar-refractivity contribution in [3.05, 3.63) is 94.7 Å². The summed E-state index contributed by atoms with van der Waals surface area (Å²) in [6.07, 6.45) is 0. The zero-order valence-corrected chi connectivity index (χ0v) is 17.3. The summed E-state index contributed by atoms with van der Waals surface area (Å²) >= 11 is 7.55. The van der Waals surface area contributed by atoms with Gasteiger partial charge in [-0.25, -0.2) is 0 Å². The van der Waals surface area contributed by atoms with Gasteiger partial charge in [0, 0.05) is 37.9 Å². The van der Waals surface area contributed by atoms with E-state index < -0.39 is 5.91 Å². The minimum atomic E-state index is -0.522. The second-order valence-corrected chi connectivity index (χ2v) is 8.03. The highest BCUT2D eigenvalue weighted by atomic mass is 35.5. The number of para-hydroxylation sites is 1. The number of nitrogens with two attached hydrogens (primary N) is 1. The maximum Gasteiger partial charge on any atom is 0.291 e. The molecule has 150 valence electrons. The third-order valence-electron chi connectivity index (χ3n) is 4.53. The predicted octanol–water partition coefficient (Wildman–Crippen LogP) is 5.73. The standard InChI is InChI=1S/C23H17ClN2O3S/c24-15-7-11-17(12-8-15)30-13-19-18-3-1-2-4-20(18)29-21(19)23(28)26-16-9-5-14(6-10-16)22(25)27/h1-12H,13H2,(H2,25,27)(H,26,28). The van der Waals surface area contributed by atoms with Crippen LogP contribution in [0.3, 0.4) is 0 Å². The molecular weight excluding hydrogens is 420 g/mol. The number of fused-ring (bicyclic) bond motifs is 1. The molecule has 0 bridgehead atoms. The first-order chi connectivity index (χ1) is 14.5. The van der Waals surface area contributed by atoms with Gasteiger partial charge >= 0.3 is 0 Å². The number of rotatable bonds is 6. The van der Waals surface area contributed by atoms with Crippen LogP contribution in [-0.2, 0) is 5.75 Å². The number of nitrogens with one attached hydrogen (secondary N) is 1. The summed E-state index contributed by atoms with van der Waals surface area (Å²) in [5.74, 6) is -0.0600. The van der Waals surface area contributed by atoms with Crippen LogP contribution in [0.1, 0.15) is 26.5 Å². The normalized spacial score (nSPS) is 10.8. The van der Waals surface area contributed by atoms with Gasteiger partial charge in [-0.2, -0.15) is 0 Å². The molecule has 0 spiro atoms. The van der Waals surface area contributed by atoms with Crippen LogP contribution in [0.4, 0.5) is 5.69 Å². The first-order valence-corrected chi connectivity index (χ1v) is 10.5. The molecule has 3 aromatic carbocycles. The molecule has 0 atom stereocenters. The summed E-state index contributed by atoms with van der Waals surface area (Å²) in [5.41, 5.74) is 7.64. The number of halogens is 1. The molecule has 0 fully saturated rings. The van der Waals surface area contributed by atoms with E-state index in [0.29, 0.717) is 27.6 Å². The van der Waals surface area contributed by atoms with E-state index in [2.05, 4.69) is 5.32 Å². The third-order valence-corrected chi connectivity index (χ3v) is 5.82. The lowest BCUT2D eigenvalue weighted by atomic mass is 10.1. The number of anilines is 1. The van der Waals surface area contributed by atoms with E-state index in [-0.39, 0.29) is 11.7 Å². The minimum Gasteiger partial charge on any atom is -0.451 e. The number of thioether (sulfide) groups is 1. The highest BCUT2D eigenvalue weighted by Gasteiger charge is 2.21. The van der Waals surface area contributed by atoms with Gasteiger partial charge in [0.25, 0.3) is 5.91 Å². The van der Waals surface area contributed by atoms with Gasteiger partial charge in [0.15, 0.2) is 5.76 Å². The second kappa shape index (κ2) is 8.65. The molecule has 7 heteroatoms. The van der Waals surface area contributed by atoms with E-state index >= 15 is 0 Å². The zero-order valence-electron chi connectivity index (χ0n) is 15.7. The van der Waals surface area contributed by atoms with Crippen molar-refractivity contribution >= 4 is 51.8 Å². The van der Waals surface area contributed by atoms with Crippen LogP contribution in [-0.4, -0.2) is 11.8 Å². The quantitative estimate of drug-likeness (QED) is 0.378. The predicted molar refractivity (Wildman–Crippen MR) is 120 cm³/mol. The summed E-state index contributed by atoms with van der Waals surface area (Å²) < 4.78 is 5.88. The second-order valence-electron chi connectivity index (χ2n) is 6.54. The molecule has 0 radical (unpaired) electrons. The fourth-order valence-electron chi connectivity index (χ4n) is 3.02. The summed E-state index contributed by atoms with van der Waals surface area (Å²) in [4.78, 5) is 25.2. The molecule has 0 aliphatic carbocycles. The monoisotopic (exact) mass is 436 g/mol. The Morgan fingerprint density at radius 1 is 0.967 bits per heavy atom. The van der Waals surface area contributed by atoms with E-state index in [1.807, 2.05) is 48.5 Å². The van der Waals surface area contributed by atoms with E-state index in [9.17, 15) is 9.59 Å². The lowest BCUT2D eigenvalue weighted by molar-refractivity contribution is 0.0992. The van der Waals surface area contributed by atoms with Gasteiger partial charge in [0.1, 0.15) is 5.58 Å². The van der Waals surface area contributed by atoms with Crippen molar-refractivity contribution in [3.8, 4) is 0 Å². The Bertz CT molecular complexity index is 1220. The summed E-state index contributed by atoms with van der Waals surface area (Å²) in [7, 11) is 0. The Balaban J connectivity index is 1.60. The highest BCUT2D eigenvalue weighted by Crippen LogP contribution is 2.33. The van der Waals surface area contributed by atoms with Crippen molar-refractivity contribution in [2.75, 3.05) is 5.32 Å². The Morgan fingerprint density at radius 3 is 2.37 bits per heavy atom. The Hall–Kier alpha value is -3.22. The molecule has 3 N–H and O–H groups in total. The molecule has 1 aromatic heterocycles. The van der Waals surface area contributed by atoms with Gasteiger partial charge < -0.3 is 15.5 Å². The summed E-state index contributed by atoms with van der Waals surface area (Å²) in [6, 6.07) is 21.5. The zero-order chi connectivity index (χ0) is 21.1. The van der Waals surface area contributed by atoms with Crippen LogP contribution in [0.2, 0.25) is 5.02 Å². The van der Waals surface area contributed by atoms with Crippen LogP contribution in [0, 0.1) is 0 Å². The molecule has 30 heavy (non-hydrogen) atoms. The number of carbonyl (C=O) groups excluding carboxylic acids is 2. The van der Waals surface area contributed by atoms with Crippen molar-refractivity contribution < 1.29 is 14.0 Å². The Morgan fingerprint density at radius 2 is 1.67 bits per heavy atom. The fraction of sp³-hybridized carbons (Fsp3) is 0.0435. The Kier molecular flexibility index (Phi) is 5.79. The van der Waals surface area contributed by atoms with Gasteiger partial charge in [-0.3, -0.25) is 9.59 Å². The van der Waals surface area contributed by atoms with Crippen molar-refractivity contribution in [2.24, 2.45) is 5.73 Å². The average molecular weight is 437 g/mol. The lowest BCUT2D eigenvalue weighted by Gasteiger charge is -2.06. The van der Waals surface area contributed by atoms with Gasteiger partial charge in [-0.15, -0.1) is 11.8 Å². The van der Waals surface area contributed by atoms with Crippen LogP contribution in [0.5, 0.6) is 0 Å². The van der Waals surface area contributed by atoms with Crippen LogP contribution < -0.4 is 11.1 Å². The van der Waals surface area contributed by atoms with Gasteiger partial charge in [0.05, 0.1) is 0 Å². The largest absolute Gasteiger partial charge is 0.451 e. The minimum absolute atomic E-state index is 0.261. The van der Waals surface area contributed by atoms with Crippen molar-refractivity contribution in [1.82, 2.24) is 0 Å². The van der Waals surface area contributed by atoms with Gasteiger partial charge in [-0.1, -0.05) is 29.8 Å². The van der Waals surface area contributed by atoms with E-state index in [1.54, 1.807) is 36.0 Å². The van der Waals surface area contributed by atoms with Crippen LogP contribution in [0.25, 0.3) is 11.0 Å². The van der Waals surface area contributed by atoms with E-state index in [1.165, 1.54) is 0 Å². The molecule has 0 saturated carbocycles. The molecule has 1 heterocycles. The van der Waals surface area contributed by atoms with Crippen LogP contribution >= 0.6 is 23.4 Å². The number of primary amides is 1. The summed E-state index contributed by atoms with van der Waals surface area (Å²) in [6.45, 7) is 0. The van der Waals surface area contributed by atoms with Crippen molar-refractivity contribution in [3.63, 3.8) is 0 Å². The van der Waals surface area contributed by atoms with Crippen LogP contribution in [0.15, 0.2) is 82.1 Å². The molecule has 0 aliphatic heterocycles. The molecular formula is C23H17ClN2O3S. The number of carbonyl (C=O) groups is 2. The number of benzene rings is 3. The van der Waals surface area contributed by atoms with Crippen molar-refractivity contribution in [1.29, 1.82) is 0 Å². The highest BCUT2D eigenvalue weighted by molar-refractivity contribution is 7.98. The first kappa shape index (κ1) is 20.1. The maximum absolute atomic E-state index is 13.0.